The molecule has 2 aromatic carbocycles. The molecule has 1 aliphatic rings. The fourth-order valence-electron chi connectivity index (χ4n) is 3.11. The molecule has 6 heteroatoms. The first-order valence-corrected chi connectivity index (χ1v) is 8.28. The zero-order chi connectivity index (χ0) is 17.8. The van der Waals surface area contributed by atoms with Gasteiger partial charge >= 0.3 is 5.97 Å². The van der Waals surface area contributed by atoms with Crippen molar-refractivity contribution in [3.05, 3.63) is 48.0 Å². The van der Waals surface area contributed by atoms with Crippen LogP contribution in [0.2, 0.25) is 0 Å². The molecule has 1 saturated heterocycles. The number of ether oxygens (including phenoxy) is 1. The second-order valence-corrected chi connectivity index (χ2v) is 6.16. The fraction of sp³-hybridized carbons (Fsp3) is 0.316. The molecule has 1 heterocycles. The number of esters is 1. The SMILES string of the molecule is NC(=O)C1CCN(C(=O)COC(=O)c2cccc3ccccc23)CC1. The minimum absolute atomic E-state index is 0.178. The third-order valence-electron chi connectivity index (χ3n) is 4.59. The number of piperidine rings is 1. The number of hydrogen-bond donors (Lipinski definition) is 1. The highest BCUT2D eigenvalue weighted by molar-refractivity contribution is 6.04. The third-order valence-corrected chi connectivity index (χ3v) is 4.59. The Morgan fingerprint density at radius 1 is 1.04 bits per heavy atom. The summed E-state index contributed by atoms with van der Waals surface area (Å²) in [5.41, 5.74) is 5.73. The summed E-state index contributed by atoms with van der Waals surface area (Å²) in [4.78, 5) is 37.3. The Balaban J connectivity index is 1.59. The lowest BCUT2D eigenvalue weighted by molar-refractivity contribution is -0.137. The maximum Gasteiger partial charge on any atom is 0.339 e. The summed E-state index contributed by atoms with van der Waals surface area (Å²) in [6, 6.07) is 12.9. The van der Waals surface area contributed by atoms with Crippen LogP contribution in [-0.2, 0) is 14.3 Å². The first kappa shape index (κ1) is 17.0. The quantitative estimate of drug-likeness (QED) is 0.858. The molecular formula is C19H20N2O4. The van der Waals surface area contributed by atoms with Crippen LogP contribution in [0.25, 0.3) is 10.8 Å². The first-order chi connectivity index (χ1) is 12.1. The molecule has 3 rings (SSSR count). The van der Waals surface area contributed by atoms with Crippen LogP contribution in [0.1, 0.15) is 23.2 Å². The summed E-state index contributed by atoms with van der Waals surface area (Å²) < 4.78 is 5.20. The van der Waals surface area contributed by atoms with Crippen molar-refractivity contribution in [1.29, 1.82) is 0 Å². The number of amides is 2. The first-order valence-electron chi connectivity index (χ1n) is 8.28. The average molecular weight is 340 g/mol. The summed E-state index contributed by atoms with van der Waals surface area (Å²) in [6.45, 7) is 0.611. The number of carbonyl (C=O) groups is 3. The average Bonchev–Trinajstić information content (AvgIpc) is 2.65. The van der Waals surface area contributed by atoms with Crippen LogP contribution < -0.4 is 5.73 Å². The van der Waals surface area contributed by atoms with Gasteiger partial charge in [0.15, 0.2) is 6.61 Å². The number of fused-ring (bicyclic) bond motifs is 1. The van der Waals surface area contributed by atoms with Gasteiger partial charge in [-0.25, -0.2) is 4.79 Å². The van der Waals surface area contributed by atoms with Crippen molar-refractivity contribution < 1.29 is 19.1 Å². The largest absolute Gasteiger partial charge is 0.452 e. The van der Waals surface area contributed by atoms with Gasteiger partial charge < -0.3 is 15.4 Å². The monoisotopic (exact) mass is 340 g/mol. The van der Waals surface area contributed by atoms with Crippen LogP contribution in [0.5, 0.6) is 0 Å². The standard InChI is InChI=1S/C19H20N2O4/c20-18(23)14-8-10-21(11-9-14)17(22)12-25-19(24)16-7-3-5-13-4-1-2-6-15(13)16/h1-7,14H,8-12H2,(H2,20,23). The van der Waals surface area contributed by atoms with E-state index in [1.165, 1.54) is 0 Å². The number of carbonyl (C=O) groups excluding carboxylic acids is 3. The molecule has 2 aromatic rings. The molecule has 0 aromatic heterocycles. The van der Waals surface area contributed by atoms with Crippen LogP contribution in [0.4, 0.5) is 0 Å². The molecule has 2 N–H and O–H groups in total. The predicted octanol–water partition coefficient (Wildman–Crippen LogP) is 1.72. The molecule has 1 fully saturated rings. The van der Waals surface area contributed by atoms with Gasteiger partial charge in [-0.1, -0.05) is 36.4 Å². The smallest absolute Gasteiger partial charge is 0.339 e. The van der Waals surface area contributed by atoms with Gasteiger partial charge in [-0.15, -0.1) is 0 Å². The van der Waals surface area contributed by atoms with Crippen LogP contribution in [0.3, 0.4) is 0 Å². The Morgan fingerprint density at radius 2 is 1.72 bits per heavy atom. The lowest BCUT2D eigenvalue weighted by Gasteiger charge is -2.30. The van der Waals surface area contributed by atoms with Gasteiger partial charge in [0.25, 0.3) is 5.91 Å². The van der Waals surface area contributed by atoms with Crippen molar-refractivity contribution in [1.82, 2.24) is 4.90 Å². The zero-order valence-corrected chi connectivity index (χ0v) is 13.8. The lowest BCUT2D eigenvalue weighted by Crippen LogP contribution is -2.43. The van der Waals surface area contributed by atoms with Crippen LogP contribution >= 0.6 is 0 Å². The van der Waals surface area contributed by atoms with E-state index in [-0.39, 0.29) is 24.3 Å². The third kappa shape index (κ3) is 3.79. The number of primary amides is 1. The molecule has 25 heavy (non-hydrogen) atoms. The van der Waals surface area contributed by atoms with Gasteiger partial charge in [-0.2, -0.15) is 0 Å². The Labute approximate surface area is 145 Å². The van der Waals surface area contributed by atoms with E-state index in [4.69, 9.17) is 10.5 Å². The van der Waals surface area contributed by atoms with E-state index in [0.29, 0.717) is 31.5 Å². The van der Waals surface area contributed by atoms with E-state index in [0.717, 1.165) is 10.8 Å². The van der Waals surface area contributed by atoms with E-state index in [1.807, 2.05) is 30.3 Å². The summed E-state index contributed by atoms with van der Waals surface area (Å²) in [7, 11) is 0. The number of benzene rings is 2. The molecule has 130 valence electrons. The van der Waals surface area contributed by atoms with Crippen molar-refractivity contribution in [2.75, 3.05) is 19.7 Å². The fourth-order valence-corrected chi connectivity index (χ4v) is 3.11. The van der Waals surface area contributed by atoms with E-state index in [9.17, 15) is 14.4 Å². The molecule has 0 bridgehead atoms. The lowest BCUT2D eigenvalue weighted by atomic mass is 9.96. The Bertz CT molecular complexity index is 805. The summed E-state index contributed by atoms with van der Waals surface area (Å²) >= 11 is 0. The number of nitrogens with zero attached hydrogens (tertiary/aromatic N) is 1. The molecule has 0 atom stereocenters. The van der Waals surface area contributed by atoms with Gasteiger partial charge in [0.2, 0.25) is 5.91 Å². The molecule has 2 amide bonds. The minimum atomic E-state index is -0.517. The highest BCUT2D eigenvalue weighted by atomic mass is 16.5. The van der Waals surface area contributed by atoms with Gasteiger partial charge in [0, 0.05) is 19.0 Å². The molecule has 0 unspecified atom stereocenters. The van der Waals surface area contributed by atoms with Gasteiger partial charge in [-0.3, -0.25) is 9.59 Å². The number of rotatable bonds is 4. The molecule has 6 nitrogen and oxygen atoms in total. The van der Waals surface area contributed by atoms with Crippen molar-refractivity contribution in [3.63, 3.8) is 0 Å². The van der Waals surface area contributed by atoms with Gasteiger partial charge in [-0.05, 0) is 29.7 Å². The zero-order valence-electron chi connectivity index (χ0n) is 13.8. The highest BCUT2D eigenvalue weighted by Crippen LogP contribution is 2.20. The van der Waals surface area contributed by atoms with Crippen molar-refractivity contribution in [2.24, 2.45) is 11.7 Å². The highest BCUT2D eigenvalue weighted by Gasteiger charge is 2.26. The molecule has 0 radical (unpaired) electrons. The Kier molecular flexibility index (Phi) is 4.97. The second kappa shape index (κ2) is 7.34. The minimum Gasteiger partial charge on any atom is -0.452 e. The van der Waals surface area contributed by atoms with Crippen LogP contribution in [-0.4, -0.2) is 42.4 Å². The summed E-state index contributed by atoms with van der Waals surface area (Å²) in [5, 5.41) is 1.74. The van der Waals surface area contributed by atoms with Crippen molar-refractivity contribution in [2.45, 2.75) is 12.8 Å². The maximum absolute atomic E-state index is 12.3. The van der Waals surface area contributed by atoms with Crippen molar-refractivity contribution >= 4 is 28.6 Å². The van der Waals surface area contributed by atoms with Crippen molar-refractivity contribution in [3.8, 4) is 0 Å². The molecule has 0 saturated carbocycles. The summed E-state index contributed by atoms with van der Waals surface area (Å²) in [5.74, 6) is -1.27. The molecule has 0 spiro atoms. The van der Waals surface area contributed by atoms with Crippen LogP contribution in [0, 0.1) is 5.92 Å². The molecule has 0 aliphatic carbocycles. The van der Waals surface area contributed by atoms with E-state index in [2.05, 4.69) is 0 Å². The van der Waals surface area contributed by atoms with Gasteiger partial charge in [0.1, 0.15) is 0 Å². The number of nitrogens with two attached hydrogens (primary N) is 1. The van der Waals surface area contributed by atoms with E-state index >= 15 is 0 Å². The van der Waals surface area contributed by atoms with E-state index < -0.39 is 5.97 Å². The summed E-state index contributed by atoms with van der Waals surface area (Å²) in [6.07, 6.45) is 1.11. The number of likely N-dealkylation sites (tertiary alicyclic amines) is 1. The van der Waals surface area contributed by atoms with Gasteiger partial charge in [0.05, 0.1) is 5.56 Å². The maximum atomic E-state index is 12.3. The molecule has 1 aliphatic heterocycles. The normalized spacial score (nSPS) is 15.1. The second-order valence-electron chi connectivity index (χ2n) is 6.16. The van der Waals surface area contributed by atoms with Crippen LogP contribution in [0.15, 0.2) is 42.5 Å². The Hall–Kier alpha value is -2.89. The topological polar surface area (TPSA) is 89.7 Å². The van der Waals surface area contributed by atoms with E-state index in [1.54, 1.807) is 17.0 Å². The number of hydrogen-bond acceptors (Lipinski definition) is 4. The Morgan fingerprint density at radius 3 is 2.44 bits per heavy atom. The molecular weight excluding hydrogens is 320 g/mol. The predicted molar refractivity (Wildman–Crippen MR) is 92.7 cm³/mol.